The number of carbonyl (C=O) groups excluding carboxylic acids is 1. The Hall–Kier alpha value is -3.03. The van der Waals surface area contributed by atoms with E-state index in [1.807, 2.05) is 24.0 Å². The van der Waals surface area contributed by atoms with E-state index in [1.54, 1.807) is 30.2 Å². The molecule has 1 fully saturated rings. The van der Waals surface area contributed by atoms with Gasteiger partial charge in [-0.2, -0.15) is 5.10 Å². The van der Waals surface area contributed by atoms with Crippen molar-refractivity contribution in [1.29, 1.82) is 0 Å². The van der Waals surface area contributed by atoms with Crippen molar-refractivity contribution in [3.8, 4) is 11.5 Å². The van der Waals surface area contributed by atoms with Crippen LogP contribution >= 0.6 is 0 Å². The van der Waals surface area contributed by atoms with Gasteiger partial charge in [-0.3, -0.25) is 14.5 Å². The number of aryl methyl sites for hydroxylation is 2. The van der Waals surface area contributed by atoms with Gasteiger partial charge in [0.05, 0.1) is 5.56 Å². The molecule has 8 nitrogen and oxygen atoms in total. The van der Waals surface area contributed by atoms with Crippen LogP contribution in [-0.4, -0.2) is 48.9 Å². The standard InChI is InChI=1S/C18H20N6O2/c1-12-3-4-14(11-19-12)17-22-21-16(26-17)13-6-9-24(10-7-13)18(25)15-5-8-20-23(15)2/h3-5,8,11,13H,6-7,9-10H2,1-2H3. The van der Waals surface area contributed by atoms with Crippen molar-refractivity contribution < 1.29 is 9.21 Å². The number of nitrogens with zero attached hydrogens (tertiary/aromatic N) is 6. The fraction of sp³-hybridized carbons (Fsp3) is 0.389. The lowest BCUT2D eigenvalue weighted by molar-refractivity contribution is 0.0695. The molecule has 3 aromatic rings. The van der Waals surface area contributed by atoms with E-state index in [1.165, 1.54) is 0 Å². The maximum atomic E-state index is 12.5. The SMILES string of the molecule is Cc1ccc(-c2nnc(C3CCN(C(=O)c4ccnn4C)CC3)o2)cn1. The zero-order valence-electron chi connectivity index (χ0n) is 14.8. The lowest BCUT2D eigenvalue weighted by Crippen LogP contribution is -2.38. The third-order valence-corrected chi connectivity index (χ3v) is 4.77. The molecule has 0 aromatic carbocycles. The Labute approximate surface area is 150 Å². The van der Waals surface area contributed by atoms with Gasteiger partial charge in [0, 0.05) is 44.1 Å². The second-order valence-electron chi connectivity index (χ2n) is 6.54. The number of aromatic nitrogens is 5. The van der Waals surface area contributed by atoms with Crippen molar-refractivity contribution in [2.24, 2.45) is 7.05 Å². The number of amides is 1. The van der Waals surface area contributed by atoms with Crippen LogP contribution in [-0.2, 0) is 7.05 Å². The number of hydrogen-bond donors (Lipinski definition) is 0. The van der Waals surface area contributed by atoms with Crippen LogP contribution < -0.4 is 0 Å². The van der Waals surface area contributed by atoms with Crippen LogP contribution in [0.25, 0.3) is 11.5 Å². The predicted molar refractivity (Wildman–Crippen MR) is 93.4 cm³/mol. The van der Waals surface area contributed by atoms with E-state index in [0.29, 0.717) is 30.6 Å². The normalized spacial score (nSPS) is 15.4. The number of likely N-dealkylation sites (tertiary alicyclic amines) is 1. The fourth-order valence-corrected chi connectivity index (χ4v) is 3.19. The Balaban J connectivity index is 1.41. The molecule has 4 heterocycles. The van der Waals surface area contributed by atoms with Gasteiger partial charge in [0.1, 0.15) is 5.69 Å². The van der Waals surface area contributed by atoms with E-state index in [4.69, 9.17) is 4.42 Å². The first-order valence-corrected chi connectivity index (χ1v) is 8.65. The Kier molecular flexibility index (Phi) is 4.24. The van der Waals surface area contributed by atoms with Crippen LogP contribution in [0.4, 0.5) is 0 Å². The van der Waals surface area contributed by atoms with Gasteiger partial charge in [0.25, 0.3) is 5.91 Å². The molecule has 0 N–H and O–H groups in total. The lowest BCUT2D eigenvalue weighted by Gasteiger charge is -2.30. The molecule has 1 aliphatic rings. The quantitative estimate of drug-likeness (QED) is 0.718. The molecule has 0 spiro atoms. The zero-order chi connectivity index (χ0) is 18.1. The minimum absolute atomic E-state index is 0.0143. The van der Waals surface area contributed by atoms with Crippen molar-refractivity contribution >= 4 is 5.91 Å². The van der Waals surface area contributed by atoms with E-state index in [9.17, 15) is 4.79 Å². The largest absolute Gasteiger partial charge is 0.420 e. The van der Waals surface area contributed by atoms with Crippen molar-refractivity contribution in [2.45, 2.75) is 25.7 Å². The van der Waals surface area contributed by atoms with Gasteiger partial charge in [-0.15, -0.1) is 10.2 Å². The lowest BCUT2D eigenvalue weighted by atomic mass is 9.96. The first-order valence-electron chi connectivity index (χ1n) is 8.65. The summed E-state index contributed by atoms with van der Waals surface area (Å²) in [6.07, 6.45) is 4.98. The third kappa shape index (κ3) is 3.10. The summed E-state index contributed by atoms with van der Waals surface area (Å²) in [7, 11) is 1.78. The fourth-order valence-electron chi connectivity index (χ4n) is 3.19. The second-order valence-corrected chi connectivity index (χ2v) is 6.54. The first-order chi connectivity index (χ1) is 12.6. The van der Waals surface area contributed by atoms with Crippen molar-refractivity contribution in [3.05, 3.63) is 47.9 Å². The molecule has 0 atom stereocenters. The molecule has 0 radical (unpaired) electrons. The van der Waals surface area contributed by atoms with E-state index in [2.05, 4.69) is 20.3 Å². The molecule has 0 bridgehead atoms. The van der Waals surface area contributed by atoms with Crippen LogP contribution in [0.2, 0.25) is 0 Å². The molecule has 0 unspecified atom stereocenters. The molecule has 4 rings (SSSR count). The van der Waals surface area contributed by atoms with Crippen LogP contribution in [0, 0.1) is 6.92 Å². The molecule has 1 saturated heterocycles. The van der Waals surface area contributed by atoms with Gasteiger partial charge in [-0.25, -0.2) is 0 Å². The van der Waals surface area contributed by atoms with Gasteiger partial charge in [-0.05, 0) is 38.0 Å². The van der Waals surface area contributed by atoms with Crippen LogP contribution in [0.15, 0.2) is 35.0 Å². The predicted octanol–water partition coefficient (Wildman–Crippen LogP) is 2.19. The van der Waals surface area contributed by atoms with E-state index >= 15 is 0 Å². The van der Waals surface area contributed by atoms with Crippen LogP contribution in [0.1, 0.15) is 40.8 Å². The summed E-state index contributed by atoms with van der Waals surface area (Å²) in [5.74, 6) is 1.31. The average Bonchev–Trinajstić information content (AvgIpc) is 3.31. The highest BCUT2D eigenvalue weighted by molar-refractivity contribution is 5.92. The Bertz CT molecular complexity index is 906. The molecular formula is C18H20N6O2. The first kappa shape index (κ1) is 16.4. The number of rotatable bonds is 3. The van der Waals surface area contributed by atoms with Crippen LogP contribution in [0.5, 0.6) is 0 Å². The Morgan fingerprint density at radius 1 is 1.19 bits per heavy atom. The van der Waals surface area contributed by atoms with E-state index in [-0.39, 0.29) is 11.8 Å². The minimum atomic E-state index is 0.0143. The maximum absolute atomic E-state index is 12.5. The average molecular weight is 352 g/mol. The number of pyridine rings is 1. The summed E-state index contributed by atoms with van der Waals surface area (Å²) < 4.78 is 7.46. The summed E-state index contributed by atoms with van der Waals surface area (Å²) in [6.45, 7) is 3.26. The smallest absolute Gasteiger partial charge is 0.272 e. The summed E-state index contributed by atoms with van der Waals surface area (Å²) in [5, 5.41) is 12.4. The molecule has 1 amide bonds. The Morgan fingerprint density at radius 2 is 2.00 bits per heavy atom. The molecule has 134 valence electrons. The van der Waals surface area contributed by atoms with Gasteiger partial charge < -0.3 is 9.32 Å². The molecule has 3 aromatic heterocycles. The van der Waals surface area contributed by atoms with Crippen molar-refractivity contribution in [2.75, 3.05) is 13.1 Å². The van der Waals surface area contributed by atoms with Crippen molar-refractivity contribution in [3.63, 3.8) is 0 Å². The number of carbonyl (C=O) groups is 1. The summed E-state index contributed by atoms with van der Waals surface area (Å²) >= 11 is 0. The van der Waals surface area contributed by atoms with E-state index < -0.39 is 0 Å². The van der Waals surface area contributed by atoms with Gasteiger partial charge in [0.2, 0.25) is 11.8 Å². The second kappa shape index (κ2) is 6.70. The topological polar surface area (TPSA) is 89.9 Å². The van der Waals surface area contributed by atoms with Crippen LogP contribution in [0.3, 0.4) is 0 Å². The highest BCUT2D eigenvalue weighted by Crippen LogP contribution is 2.29. The maximum Gasteiger partial charge on any atom is 0.272 e. The molecule has 26 heavy (non-hydrogen) atoms. The third-order valence-electron chi connectivity index (χ3n) is 4.77. The van der Waals surface area contributed by atoms with Gasteiger partial charge >= 0.3 is 0 Å². The zero-order valence-corrected chi connectivity index (χ0v) is 14.8. The van der Waals surface area contributed by atoms with Gasteiger partial charge in [0.15, 0.2) is 0 Å². The molecule has 0 saturated carbocycles. The summed E-state index contributed by atoms with van der Waals surface area (Å²) in [4.78, 5) is 18.7. The number of hydrogen-bond acceptors (Lipinski definition) is 6. The summed E-state index contributed by atoms with van der Waals surface area (Å²) in [6, 6.07) is 5.59. The minimum Gasteiger partial charge on any atom is -0.420 e. The molecule has 8 heteroatoms. The molecular weight excluding hydrogens is 332 g/mol. The van der Waals surface area contributed by atoms with Gasteiger partial charge in [-0.1, -0.05) is 0 Å². The Morgan fingerprint density at radius 3 is 2.65 bits per heavy atom. The highest BCUT2D eigenvalue weighted by Gasteiger charge is 2.28. The molecule has 1 aliphatic heterocycles. The number of piperidine rings is 1. The molecule has 0 aliphatic carbocycles. The highest BCUT2D eigenvalue weighted by atomic mass is 16.4. The van der Waals surface area contributed by atoms with Crippen molar-refractivity contribution in [1.82, 2.24) is 29.9 Å². The van der Waals surface area contributed by atoms with E-state index in [0.717, 1.165) is 24.1 Å². The summed E-state index contributed by atoms with van der Waals surface area (Å²) in [5.41, 5.74) is 2.37. The monoisotopic (exact) mass is 352 g/mol.